The van der Waals surface area contributed by atoms with Gasteiger partial charge in [0, 0.05) is 0 Å². The second-order valence-electron chi connectivity index (χ2n) is 2.47. The third kappa shape index (κ3) is 1.78. The van der Waals surface area contributed by atoms with Crippen LogP contribution >= 0.6 is 27.5 Å². The molecule has 0 aliphatic rings. The molecule has 0 fully saturated rings. The van der Waals surface area contributed by atoms with Crippen LogP contribution in [0.15, 0.2) is 10.5 Å². The van der Waals surface area contributed by atoms with Gasteiger partial charge < -0.3 is 15.6 Å². The van der Waals surface area contributed by atoms with E-state index in [1.54, 1.807) is 0 Å². The highest BCUT2D eigenvalue weighted by molar-refractivity contribution is 9.10. The number of nitrogen functional groups attached to an aromatic ring is 1. The molecule has 0 aromatic heterocycles. The third-order valence-electron chi connectivity index (χ3n) is 1.64. The minimum absolute atomic E-state index is 0.0291. The lowest BCUT2D eigenvalue weighted by atomic mass is 10.2. The van der Waals surface area contributed by atoms with Crippen LogP contribution in [-0.2, 0) is 0 Å². The molecular formula is C8H7BrClNO3. The normalized spacial score (nSPS) is 9.93. The number of hydrogen-bond donors (Lipinski definition) is 2. The Morgan fingerprint density at radius 2 is 2.29 bits per heavy atom. The Labute approximate surface area is 93.7 Å². The lowest BCUT2D eigenvalue weighted by molar-refractivity contribution is 0.0693. The molecule has 0 radical (unpaired) electrons. The maximum absolute atomic E-state index is 10.8. The van der Waals surface area contributed by atoms with Gasteiger partial charge in [0.05, 0.1) is 22.3 Å². The number of ether oxygens (including phenoxy) is 1. The molecule has 6 heteroatoms. The van der Waals surface area contributed by atoms with E-state index in [1.807, 2.05) is 0 Å². The zero-order chi connectivity index (χ0) is 10.9. The number of carbonyl (C=O) groups is 1. The fourth-order valence-electron chi connectivity index (χ4n) is 0.974. The first kappa shape index (κ1) is 11.1. The molecule has 14 heavy (non-hydrogen) atoms. The number of carboxylic acid groups (broad SMARTS) is 1. The van der Waals surface area contributed by atoms with Gasteiger partial charge in [-0.3, -0.25) is 0 Å². The number of hydrogen-bond acceptors (Lipinski definition) is 3. The first-order valence-electron chi connectivity index (χ1n) is 3.53. The maximum Gasteiger partial charge on any atom is 0.339 e. The highest BCUT2D eigenvalue weighted by Gasteiger charge is 2.18. The van der Waals surface area contributed by atoms with Crippen molar-refractivity contribution in [3.05, 3.63) is 21.1 Å². The number of halogens is 2. The van der Waals surface area contributed by atoms with Gasteiger partial charge in [0.1, 0.15) is 11.3 Å². The Bertz CT molecular complexity index is 395. The Morgan fingerprint density at radius 1 is 1.71 bits per heavy atom. The lowest BCUT2D eigenvalue weighted by Gasteiger charge is -2.10. The van der Waals surface area contributed by atoms with E-state index >= 15 is 0 Å². The smallest absolute Gasteiger partial charge is 0.339 e. The standard InChI is InChI=1S/C8H7BrClNO3/c1-14-7-3(8(12)13)2-4(10)6(11)5(7)9/h2H,11H2,1H3,(H,12,13). The van der Waals surface area contributed by atoms with Crippen LogP contribution in [0.3, 0.4) is 0 Å². The zero-order valence-electron chi connectivity index (χ0n) is 7.17. The van der Waals surface area contributed by atoms with Gasteiger partial charge in [-0.1, -0.05) is 11.6 Å². The third-order valence-corrected chi connectivity index (χ3v) is 2.74. The Kier molecular flexibility index (Phi) is 3.23. The summed E-state index contributed by atoms with van der Waals surface area (Å²) in [6, 6.07) is 1.25. The number of benzene rings is 1. The SMILES string of the molecule is COc1c(C(=O)O)cc(Cl)c(N)c1Br. The summed E-state index contributed by atoms with van der Waals surface area (Å²) < 4.78 is 5.26. The number of anilines is 1. The van der Waals surface area contributed by atoms with Gasteiger partial charge in [-0.25, -0.2) is 4.79 Å². The van der Waals surface area contributed by atoms with E-state index in [9.17, 15) is 4.79 Å². The van der Waals surface area contributed by atoms with Crippen LogP contribution in [-0.4, -0.2) is 18.2 Å². The molecule has 3 N–H and O–H groups in total. The maximum atomic E-state index is 10.8. The zero-order valence-corrected chi connectivity index (χ0v) is 9.52. The summed E-state index contributed by atoms with van der Waals surface area (Å²) in [5, 5.41) is 9.01. The van der Waals surface area contributed by atoms with Crippen LogP contribution in [0, 0.1) is 0 Å². The molecule has 0 spiro atoms. The van der Waals surface area contributed by atoms with Gasteiger partial charge in [0.2, 0.25) is 0 Å². The highest BCUT2D eigenvalue weighted by atomic mass is 79.9. The molecule has 0 unspecified atom stereocenters. The largest absolute Gasteiger partial charge is 0.495 e. The van der Waals surface area contributed by atoms with Crippen molar-refractivity contribution in [2.24, 2.45) is 0 Å². The van der Waals surface area contributed by atoms with Crippen molar-refractivity contribution < 1.29 is 14.6 Å². The first-order valence-corrected chi connectivity index (χ1v) is 4.71. The molecule has 76 valence electrons. The topological polar surface area (TPSA) is 72.5 Å². The summed E-state index contributed by atoms with van der Waals surface area (Å²) in [5.74, 6) is -0.955. The Morgan fingerprint density at radius 3 is 2.71 bits per heavy atom. The monoisotopic (exact) mass is 279 g/mol. The minimum Gasteiger partial charge on any atom is -0.495 e. The number of methoxy groups -OCH3 is 1. The van der Waals surface area contributed by atoms with Crippen molar-refractivity contribution in [1.82, 2.24) is 0 Å². The molecule has 0 amide bonds. The number of rotatable bonds is 2. The van der Waals surface area contributed by atoms with Gasteiger partial charge in [-0.15, -0.1) is 0 Å². The predicted molar refractivity (Wildman–Crippen MR) is 57.1 cm³/mol. The van der Waals surface area contributed by atoms with E-state index in [0.29, 0.717) is 4.47 Å². The van der Waals surface area contributed by atoms with Crippen LogP contribution in [0.2, 0.25) is 5.02 Å². The van der Waals surface area contributed by atoms with Crippen molar-refractivity contribution in [1.29, 1.82) is 0 Å². The Balaban J connectivity index is 3.51. The average molecular weight is 281 g/mol. The molecule has 1 rings (SSSR count). The predicted octanol–water partition coefficient (Wildman–Crippen LogP) is 2.39. The van der Waals surface area contributed by atoms with Gasteiger partial charge in [-0.05, 0) is 22.0 Å². The van der Waals surface area contributed by atoms with E-state index in [2.05, 4.69) is 15.9 Å². The first-order chi connectivity index (χ1) is 6.49. The second-order valence-corrected chi connectivity index (χ2v) is 3.67. The second kappa shape index (κ2) is 4.06. The summed E-state index contributed by atoms with van der Waals surface area (Å²) in [4.78, 5) is 10.8. The van der Waals surface area contributed by atoms with Crippen LogP contribution in [0.5, 0.6) is 5.75 Å². The van der Waals surface area contributed by atoms with Crippen molar-refractivity contribution in [2.75, 3.05) is 12.8 Å². The van der Waals surface area contributed by atoms with Gasteiger partial charge in [0.15, 0.2) is 0 Å². The molecule has 4 nitrogen and oxygen atoms in total. The van der Waals surface area contributed by atoms with Crippen LogP contribution < -0.4 is 10.5 Å². The highest BCUT2D eigenvalue weighted by Crippen LogP contribution is 2.38. The summed E-state index contributed by atoms with van der Waals surface area (Å²) in [7, 11) is 1.36. The molecule has 0 aliphatic carbocycles. The van der Waals surface area contributed by atoms with E-state index in [-0.39, 0.29) is 22.0 Å². The lowest BCUT2D eigenvalue weighted by Crippen LogP contribution is -2.03. The number of aromatic carboxylic acids is 1. The minimum atomic E-state index is -1.12. The van der Waals surface area contributed by atoms with Crippen molar-refractivity contribution in [3.63, 3.8) is 0 Å². The molecule has 0 atom stereocenters. The molecule has 0 saturated carbocycles. The molecule has 1 aromatic carbocycles. The van der Waals surface area contributed by atoms with Crippen molar-refractivity contribution in [3.8, 4) is 5.75 Å². The molecular weight excluding hydrogens is 273 g/mol. The van der Waals surface area contributed by atoms with Crippen LogP contribution in [0.1, 0.15) is 10.4 Å². The van der Waals surface area contributed by atoms with Gasteiger partial charge in [0.25, 0.3) is 0 Å². The summed E-state index contributed by atoms with van der Waals surface area (Å²) >= 11 is 8.83. The summed E-state index contributed by atoms with van der Waals surface area (Å²) in [6.45, 7) is 0. The number of carboxylic acids is 1. The quantitative estimate of drug-likeness (QED) is 0.816. The molecule has 0 bridgehead atoms. The van der Waals surface area contributed by atoms with E-state index in [0.717, 1.165) is 0 Å². The van der Waals surface area contributed by atoms with E-state index in [1.165, 1.54) is 13.2 Å². The molecule has 0 aliphatic heterocycles. The van der Waals surface area contributed by atoms with Crippen LogP contribution in [0.25, 0.3) is 0 Å². The van der Waals surface area contributed by atoms with Crippen molar-refractivity contribution in [2.45, 2.75) is 0 Å². The summed E-state index contributed by atoms with van der Waals surface area (Å²) in [6.07, 6.45) is 0. The van der Waals surface area contributed by atoms with Gasteiger partial charge in [-0.2, -0.15) is 0 Å². The average Bonchev–Trinajstić information content (AvgIpc) is 2.13. The summed E-state index contributed by atoms with van der Waals surface area (Å²) in [5.41, 5.74) is 5.80. The molecule has 0 heterocycles. The van der Waals surface area contributed by atoms with E-state index < -0.39 is 5.97 Å². The fraction of sp³-hybridized carbons (Fsp3) is 0.125. The van der Waals surface area contributed by atoms with Gasteiger partial charge >= 0.3 is 5.97 Å². The van der Waals surface area contributed by atoms with E-state index in [4.69, 9.17) is 27.2 Å². The van der Waals surface area contributed by atoms with Crippen molar-refractivity contribution >= 4 is 39.2 Å². The number of nitrogens with two attached hydrogens (primary N) is 1. The fourth-order valence-corrected chi connectivity index (χ4v) is 1.88. The Hall–Kier alpha value is -0.940. The molecule has 1 aromatic rings. The van der Waals surface area contributed by atoms with Crippen LogP contribution in [0.4, 0.5) is 5.69 Å². The molecule has 0 saturated heterocycles.